The Morgan fingerprint density at radius 2 is 1.73 bits per heavy atom. The first-order valence-electron chi connectivity index (χ1n) is 10.3. The maximum atomic E-state index is 13.5. The van der Waals surface area contributed by atoms with E-state index in [-0.39, 0.29) is 27.1 Å². The molecule has 0 spiro atoms. The van der Waals surface area contributed by atoms with Gasteiger partial charge < -0.3 is 0 Å². The molecule has 0 radical (unpaired) electrons. The van der Waals surface area contributed by atoms with Crippen LogP contribution in [0, 0.1) is 17.8 Å². The molecule has 0 bridgehead atoms. The minimum atomic E-state index is -0.736. The summed E-state index contributed by atoms with van der Waals surface area (Å²) < 4.78 is 0. The van der Waals surface area contributed by atoms with Crippen molar-refractivity contribution in [2.24, 2.45) is 17.8 Å². The van der Waals surface area contributed by atoms with E-state index in [0.717, 1.165) is 10.0 Å². The van der Waals surface area contributed by atoms with Gasteiger partial charge in [0.25, 0.3) is 17.7 Å². The zero-order valence-electron chi connectivity index (χ0n) is 17.5. The van der Waals surface area contributed by atoms with Crippen LogP contribution in [-0.2, 0) is 9.59 Å². The number of imide groups is 1. The van der Waals surface area contributed by atoms with E-state index in [1.807, 2.05) is 19.1 Å². The van der Waals surface area contributed by atoms with Gasteiger partial charge in [-0.1, -0.05) is 66.0 Å². The first-order valence-corrected chi connectivity index (χ1v) is 11.4. The molecule has 2 aromatic rings. The Labute approximate surface area is 205 Å². The second-order valence-corrected chi connectivity index (χ2v) is 9.28. The topological polar surface area (TPSA) is 74.8 Å². The average Bonchev–Trinajstić information content (AvgIpc) is 3.03. The summed E-state index contributed by atoms with van der Waals surface area (Å²) in [5.74, 6) is -3.69. The average molecular weight is 506 g/mol. The maximum Gasteiger partial charge on any atom is 0.274 e. The lowest BCUT2D eigenvalue weighted by atomic mass is 9.78. The second kappa shape index (κ2) is 9.29. The van der Waals surface area contributed by atoms with Gasteiger partial charge in [-0.05, 0) is 42.7 Å². The summed E-state index contributed by atoms with van der Waals surface area (Å²) in [5, 5.41) is 2.27. The lowest BCUT2D eigenvalue weighted by Crippen LogP contribution is -2.52. The van der Waals surface area contributed by atoms with Crippen LogP contribution in [0.2, 0.25) is 15.1 Å². The zero-order valence-corrected chi connectivity index (χ0v) is 19.8. The Bertz CT molecular complexity index is 1200. The van der Waals surface area contributed by atoms with Crippen molar-refractivity contribution in [3.05, 3.63) is 80.8 Å². The predicted molar refractivity (Wildman–Crippen MR) is 125 cm³/mol. The van der Waals surface area contributed by atoms with Crippen LogP contribution in [0.25, 0.3) is 0 Å². The number of Topliss-reactive ketones (excluding diaryl/α,β-unsaturated/α-hetero) is 1. The molecule has 1 saturated heterocycles. The SMILES string of the molecule is C[C@@H]1C=CC[C@H]2C(=O)N(N(CC(=O)c3ccc(Cl)cc3Cl)C(=O)c3ccccc3Cl)C(=O)[C@H]12. The number of fused-ring (bicyclic) bond motifs is 1. The standard InChI is InChI=1S/C24H19Cl3N2O4/c1-13-5-4-7-17-21(13)24(33)29(23(17)32)28(22(31)16-6-2-3-8-18(16)26)12-20(30)15-10-9-14(25)11-19(15)27/h2-6,8-11,13,17,21H,7,12H2,1H3/t13-,17-,21-/m1/s1. The van der Waals surface area contributed by atoms with E-state index in [2.05, 4.69) is 0 Å². The third-order valence-corrected chi connectivity index (χ3v) is 6.83. The van der Waals surface area contributed by atoms with E-state index in [4.69, 9.17) is 34.8 Å². The summed E-state index contributed by atoms with van der Waals surface area (Å²) in [7, 11) is 0. The first-order chi connectivity index (χ1) is 15.7. The molecule has 1 fully saturated rings. The minimum Gasteiger partial charge on any atom is -0.292 e. The molecule has 0 N–H and O–H groups in total. The van der Waals surface area contributed by atoms with Gasteiger partial charge in [-0.25, -0.2) is 5.01 Å². The van der Waals surface area contributed by atoms with Gasteiger partial charge in [0.05, 0.1) is 27.4 Å². The van der Waals surface area contributed by atoms with Gasteiger partial charge in [0, 0.05) is 10.6 Å². The first kappa shape index (κ1) is 23.5. The van der Waals surface area contributed by atoms with Gasteiger partial charge in [0.2, 0.25) is 0 Å². The zero-order chi connectivity index (χ0) is 23.9. The summed E-state index contributed by atoms with van der Waals surface area (Å²) in [6, 6.07) is 10.6. The van der Waals surface area contributed by atoms with E-state index >= 15 is 0 Å². The van der Waals surface area contributed by atoms with Gasteiger partial charge in [0.1, 0.15) is 6.54 Å². The highest BCUT2D eigenvalue weighted by molar-refractivity contribution is 6.37. The van der Waals surface area contributed by atoms with Gasteiger partial charge in [-0.2, -0.15) is 5.01 Å². The van der Waals surface area contributed by atoms with Crippen molar-refractivity contribution in [1.82, 2.24) is 10.0 Å². The molecule has 2 aromatic carbocycles. The number of carbonyl (C=O) groups is 4. The molecule has 1 aliphatic heterocycles. The molecule has 0 unspecified atom stereocenters. The van der Waals surface area contributed by atoms with E-state index in [1.165, 1.54) is 30.3 Å². The molecule has 3 atom stereocenters. The third-order valence-electron chi connectivity index (χ3n) is 5.95. The molecule has 0 aromatic heterocycles. The number of benzene rings is 2. The van der Waals surface area contributed by atoms with Gasteiger partial charge in [-0.3, -0.25) is 19.2 Å². The van der Waals surface area contributed by atoms with E-state index < -0.39 is 41.9 Å². The normalized spacial score (nSPS) is 21.8. The molecule has 1 aliphatic carbocycles. The summed E-state index contributed by atoms with van der Waals surface area (Å²) in [6.07, 6.45) is 4.13. The largest absolute Gasteiger partial charge is 0.292 e. The van der Waals surface area contributed by atoms with Crippen LogP contribution in [0.4, 0.5) is 0 Å². The van der Waals surface area contributed by atoms with E-state index in [1.54, 1.807) is 12.1 Å². The fraction of sp³-hybridized carbons (Fsp3) is 0.250. The summed E-state index contributed by atoms with van der Waals surface area (Å²) in [6.45, 7) is 1.27. The number of carbonyl (C=O) groups excluding carboxylic acids is 4. The Morgan fingerprint density at radius 3 is 2.39 bits per heavy atom. The number of nitrogens with zero attached hydrogens (tertiary/aromatic N) is 2. The van der Waals surface area contributed by atoms with E-state index in [9.17, 15) is 19.2 Å². The minimum absolute atomic E-state index is 0.0656. The Balaban J connectivity index is 1.74. The lowest BCUT2D eigenvalue weighted by Gasteiger charge is -2.30. The lowest BCUT2D eigenvalue weighted by molar-refractivity contribution is -0.154. The molecule has 6 nitrogen and oxygen atoms in total. The van der Waals surface area contributed by atoms with Crippen molar-refractivity contribution in [3.63, 3.8) is 0 Å². The Morgan fingerprint density at radius 1 is 1.00 bits per heavy atom. The van der Waals surface area contributed by atoms with Crippen LogP contribution in [0.5, 0.6) is 0 Å². The molecule has 2 aliphatic rings. The van der Waals surface area contributed by atoms with Gasteiger partial charge >= 0.3 is 0 Å². The molecular weight excluding hydrogens is 487 g/mol. The van der Waals surface area contributed by atoms with Crippen molar-refractivity contribution in [2.45, 2.75) is 13.3 Å². The van der Waals surface area contributed by atoms with Crippen LogP contribution in [-0.4, -0.2) is 40.1 Å². The second-order valence-electron chi connectivity index (χ2n) is 8.03. The summed E-state index contributed by atoms with van der Waals surface area (Å²) >= 11 is 18.3. The molecule has 1 heterocycles. The third kappa shape index (κ3) is 4.31. The van der Waals surface area contributed by atoms with Crippen molar-refractivity contribution in [3.8, 4) is 0 Å². The fourth-order valence-corrected chi connectivity index (χ4v) is 5.04. The smallest absolute Gasteiger partial charge is 0.274 e. The number of hydrogen-bond donors (Lipinski definition) is 0. The molecular formula is C24H19Cl3N2O4. The van der Waals surface area contributed by atoms with Crippen LogP contribution in [0.1, 0.15) is 34.1 Å². The van der Waals surface area contributed by atoms with Crippen molar-refractivity contribution < 1.29 is 19.2 Å². The predicted octanol–water partition coefficient (Wildman–Crippen LogP) is 5.08. The highest BCUT2D eigenvalue weighted by Crippen LogP contribution is 2.39. The Kier molecular flexibility index (Phi) is 6.61. The number of amides is 3. The highest BCUT2D eigenvalue weighted by Gasteiger charge is 2.53. The van der Waals surface area contributed by atoms with Crippen molar-refractivity contribution >= 4 is 58.3 Å². The van der Waals surface area contributed by atoms with Crippen LogP contribution < -0.4 is 0 Å². The van der Waals surface area contributed by atoms with Gasteiger partial charge in [-0.15, -0.1) is 0 Å². The quantitative estimate of drug-likeness (QED) is 0.322. The van der Waals surface area contributed by atoms with Crippen molar-refractivity contribution in [2.75, 3.05) is 6.54 Å². The van der Waals surface area contributed by atoms with Crippen LogP contribution >= 0.6 is 34.8 Å². The maximum absolute atomic E-state index is 13.5. The molecule has 33 heavy (non-hydrogen) atoms. The van der Waals surface area contributed by atoms with Crippen LogP contribution in [0.15, 0.2) is 54.6 Å². The number of allylic oxidation sites excluding steroid dienone is 2. The molecule has 4 rings (SSSR count). The highest BCUT2D eigenvalue weighted by atomic mass is 35.5. The van der Waals surface area contributed by atoms with Gasteiger partial charge in [0.15, 0.2) is 5.78 Å². The monoisotopic (exact) mass is 504 g/mol. The molecule has 0 saturated carbocycles. The van der Waals surface area contributed by atoms with Crippen molar-refractivity contribution in [1.29, 1.82) is 0 Å². The molecule has 170 valence electrons. The Hall–Kier alpha value is -2.67. The fourth-order valence-electron chi connectivity index (χ4n) is 4.31. The number of rotatable bonds is 5. The summed E-state index contributed by atoms with van der Waals surface area (Å²) in [4.78, 5) is 53.3. The number of hydrogen-bond acceptors (Lipinski definition) is 4. The number of halogens is 3. The van der Waals surface area contributed by atoms with E-state index in [0.29, 0.717) is 11.4 Å². The number of hydrazine groups is 1. The molecule has 9 heteroatoms. The van der Waals surface area contributed by atoms with Crippen LogP contribution in [0.3, 0.4) is 0 Å². The summed E-state index contributed by atoms with van der Waals surface area (Å²) in [5.41, 5.74) is 0.181. The molecule has 3 amide bonds. The number of ketones is 1.